The molecule has 1 aromatic heterocycles. The van der Waals surface area contributed by atoms with Crippen molar-refractivity contribution in [2.75, 3.05) is 19.0 Å². The molecule has 0 aliphatic carbocycles. The molecule has 0 atom stereocenters. The molecule has 3 aromatic rings. The van der Waals surface area contributed by atoms with Gasteiger partial charge in [0.1, 0.15) is 0 Å². The highest BCUT2D eigenvalue weighted by atomic mass is 15.1. The summed E-state index contributed by atoms with van der Waals surface area (Å²) in [5, 5.41) is 0. The predicted octanol–water partition coefficient (Wildman–Crippen LogP) is 4.77. The molecule has 0 saturated heterocycles. The predicted molar refractivity (Wildman–Crippen MR) is 99.7 cm³/mol. The van der Waals surface area contributed by atoms with Crippen LogP contribution in [0, 0.1) is 0 Å². The van der Waals surface area contributed by atoms with Gasteiger partial charge in [-0.25, -0.2) is 0 Å². The average Bonchev–Trinajstić information content (AvgIpc) is 3.02. The quantitative estimate of drug-likeness (QED) is 0.659. The summed E-state index contributed by atoms with van der Waals surface area (Å²) in [5.41, 5.74) is 4.97. The van der Waals surface area contributed by atoms with Crippen molar-refractivity contribution in [3.63, 3.8) is 0 Å². The molecule has 0 aliphatic rings. The van der Waals surface area contributed by atoms with Crippen LogP contribution in [0.3, 0.4) is 0 Å². The molecular weight excluding hydrogens is 280 g/mol. The Labute approximate surface area is 138 Å². The van der Waals surface area contributed by atoms with Crippen LogP contribution in [0.1, 0.15) is 16.7 Å². The highest BCUT2D eigenvalue weighted by Crippen LogP contribution is 2.15. The summed E-state index contributed by atoms with van der Waals surface area (Å²) in [7, 11) is 4.11. The maximum Gasteiger partial charge on any atom is 0.0470 e. The van der Waals surface area contributed by atoms with Gasteiger partial charge in [0.25, 0.3) is 0 Å². The summed E-state index contributed by atoms with van der Waals surface area (Å²) in [5.74, 6) is 0. The van der Waals surface area contributed by atoms with Crippen LogP contribution in [-0.2, 0) is 6.54 Å². The maximum absolute atomic E-state index is 2.21. The molecule has 0 bridgehead atoms. The Bertz CT molecular complexity index is 765. The van der Waals surface area contributed by atoms with Crippen LogP contribution in [0.5, 0.6) is 0 Å². The van der Waals surface area contributed by atoms with Gasteiger partial charge in [0.2, 0.25) is 0 Å². The third-order valence-electron chi connectivity index (χ3n) is 3.86. The Morgan fingerprint density at radius 1 is 0.826 bits per heavy atom. The van der Waals surface area contributed by atoms with Gasteiger partial charge in [-0.1, -0.05) is 54.6 Å². The lowest BCUT2D eigenvalue weighted by Gasteiger charge is -2.11. The van der Waals surface area contributed by atoms with E-state index in [0.717, 1.165) is 6.54 Å². The van der Waals surface area contributed by atoms with E-state index in [1.165, 1.54) is 22.4 Å². The molecule has 0 N–H and O–H groups in total. The molecule has 2 nitrogen and oxygen atoms in total. The Balaban J connectivity index is 1.66. The minimum absolute atomic E-state index is 0.909. The summed E-state index contributed by atoms with van der Waals surface area (Å²) in [6.07, 6.45) is 8.62. The minimum Gasteiger partial charge on any atom is -0.378 e. The van der Waals surface area contributed by atoms with Gasteiger partial charge < -0.3 is 9.47 Å². The number of nitrogens with zero attached hydrogens (tertiary/aromatic N) is 2. The fraction of sp³-hybridized carbons (Fsp3) is 0.143. The van der Waals surface area contributed by atoms with E-state index in [-0.39, 0.29) is 0 Å². The van der Waals surface area contributed by atoms with E-state index in [1.807, 2.05) is 0 Å². The number of anilines is 1. The number of hydrogen-bond acceptors (Lipinski definition) is 1. The third kappa shape index (κ3) is 4.13. The van der Waals surface area contributed by atoms with Gasteiger partial charge >= 0.3 is 0 Å². The molecule has 2 aromatic carbocycles. The van der Waals surface area contributed by atoms with Crippen molar-refractivity contribution < 1.29 is 0 Å². The maximum atomic E-state index is 2.21. The second-order valence-electron chi connectivity index (χ2n) is 5.92. The van der Waals surface area contributed by atoms with E-state index in [2.05, 4.69) is 109 Å². The first-order valence-corrected chi connectivity index (χ1v) is 7.86. The molecule has 0 spiro atoms. The van der Waals surface area contributed by atoms with Crippen molar-refractivity contribution >= 4 is 17.8 Å². The molecule has 0 unspecified atom stereocenters. The normalized spacial score (nSPS) is 11.0. The van der Waals surface area contributed by atoms with Crippen LogP contribution in [0.2, 0.25) is 0 Å². The van der Waals surface area contributed by atoms with Crippen LogP contribution in [0.15, 0.2) is 73.1 Å². The third-order valence-corrected chi connectivity index (χ3v) is 3.86. The number of benzene rings is 2. The molecule has 23 heavy (non-hydrogen) atoms. The van der Waals surface area contributed by atoms with Gasteiger partial charge in [-0.3, -0.25) is 0 Å². The molecule has 0 fully saturated rings. The van der Waals surface area contributed by atoms with Gasteiger partial charge in [0, 0.05) is 38.7 Å². The fourth-order valence-electron chi connectivity index (χ4n) is 2.53. The molecule has 0 aliphatic heterocycles. The van der Waals surface area contributed by atoms with E-state index in [9.17, 15) is 0 Å². The zero-order chi connectivity index (χ0) is 16.1. The van der Waals surface area contributed by atoms with E-state index in [1.54, 1.807) is 0 Å². The van der Waals surface area contributed by atoms with Gasteiger partial charge in [0.15, 0.2) is 0 Å². The molecule has 0 radical (unpaired) electrons. The van der Waals surface area contributed by atoms with Crippen LogP contribution >= 0.6 is 0 Å². The van der Waals surface area contributed by atoms with Crippen molar-refractivity contribution in [3.8, 4) is 0 Å². The van der Waals surface area contributed by atoms with Crippen molar-refractivity contribution in [2.45, 2.75) is 6.54 Å². The standard InChI is InChI=1S/C21H22N2/c1-22(2)21-12-10-18(11-13-21)8-9-20-14-15-23(17-20)16-19-6-4-3-5-7-19/h3-15,17H,16H2,1-2H3/b9-8+. The molecule has 116 valence electrons. The zero-order valence-electron chi connectivity index (χ0n) is 13.7. The highest BCUT2D eigenvalue weighted by molar-refractivity contribution is 5.70. The van der Waals surface area contributed by atoms with Gasteiger partial charge in [-0.05, 0) is 34.9 Å². The van der Waals surface area contributed by atoms with Gasteiger partial charge in [-0.2, -0.15) is 0 Å². The SMILES string of the molecule is CN(C)c1ccc(/C=C/c2ccn(Cc3ccccc3)c2)cc1. The lowest BCUT2D eigenvalue weighted by Crippen LogP contribution is -2.07. The van der Waals surface area contributed by atoms with Crippen LogP contribution in [0.25, 0.3) is 12.2 Å². The summed E-state index contributed by atoms with van der Waals surface area (Å²) in [6.45, 7) is 0.909. The molecular formula is C21H22N2. The summed E-state index contributed by atoms with van der Waals surface area (Å²) < 4.78 is 2.21. The van der Waals surface area contributed by atoms with Crippen LogP contribution < -0.4 is 4.90 Å². The summed E-state index contributed by atoms with van der Waals surface area (Å²) >= 11 is 0. The molecule has 1 heterocycles. The first-order valence-electron chi connectivity index (χ1n) is 7.86. The van der Waals surface area contributed by atoms with Crippen molar-refractivity contribution in [1.29, 1.82) is 0 Å². The van der Waals surface area contributed by atoms with Crippen molar-refractivity contribution in [2.24, 2.45) is 0 Å². The lowest BCUT2D eigenvalue weighted by molar-refractivity contribution is 0.806. The minimum atomic E-state index is 0.909. The van der Waals surface area contributed by atoms with Crippen molar-refractivity contribution in [3.05, 3.63) is 89.7 Å². The number of hydrogen-bond donors (Lipinski definition) is 0. The highest BCUT2D eigenvalue weighted by Gasteiger charge is 1.97. The van der Waals surface area contributed by atoms with Gasteiger partial charge in [-0.15, -0.1) is 0 Å². The molecule has 3 rings (SSSR count). The topological polar surface area (TPSA) is 8.17 Å². The first kappa shape index (κ1) is 15.2. The van der Waals surface area contributed by atoms with E-state index in [0.29, 0.717) is 0 Å². The van der Waals surface area contributed by atoms with E-state index in [4.69, 9.17) is 0 Å². The number of aromatic nitrogens is 1. The van der Waals surface area contributed by atoms with Crippen LogP contribution in [0.4, 0.5) is 5.69 Å². The van der Waals surface area contributed by atoms with E-state index >= 15 is 0 Å². The average molecular weight is 302 g/mol. The zero-order valence-corrected chi connectivity index (χ0v) is 13.7. The number of rotatable bonds is 5. The van der Waals surface area contributed by atoms with Gasteiger partial charge in [0.05, 0.1) is 0 Å². The smallest absolute Gasteiger partial charge is 0.0470 e. The van der Waals surface area contributed by atoms with Crippen molar-refractivity contribution in [1.82, 2.24) is 4.57 Å². The second kappa shape index (κ2) is 7.01. The molecule has 2 heteroatoms. The Kier molecular flexibility index (Phi) is 4.62. The first-order chi connectivity index (χ1) is 11.2. The molecule has 0 amide bonds. The Hall–Kier alpha value is -2.74. The second-order valence-corrected chi connectivity index (χ2v) is 5.92. The fourth-order valence-corrected chi connectivity index (χ4v) is 2.53. The molecule has 0 saturated carbocycles. The lowest BCUT2D eigenvalue weighted by atomic mass is 10.1. The monoisotopic (exact) mass is 302 g/mol. The van der Waals surface area contributed by atoms with Crippen LogP contribution in [-0.4, -0.2) is 18.7 Å². The summed E-state index contributed by atoms with van der Waals surface area (Å²) in [4.78, 5) is 2.11. The van der Waals surface area contributed by atoms with E-state index < -0.39 is 0 Å². The Morgan fingerprint density at radius 2 is 1.52 bits per heavy atom. The summed E-state index contributed by atoms with van der Waals surface area (Å²) in [6, 6.07) is 21.2. The largest absolute Gasteiger partial charge is 0.378 e. The Morgan fingerprint density at radius 3 is 2.22 bits per heavy atom.